The van der Waals surface area contributed by atoms with Crippen LogP contribution in [-0.4, -0.2) is 47.0 Å². The van der Waals surface area contributed by atoms with Crippen molar-refractivity contribution < 1.29 is 4.79 Å². The fraction of sp³-hybridized carbons (Fsp3) is 0.480. The molecule has 6 heteroatoms. The van der Waals surface area contributed by atoms with E-state index in [-0.39, 0.29) is 0 Å². The molecule has 1 amide bonds. The second-order valence-electron chi connectivity index (χ2n) is 9.21. The van der Waals surface area contributed by atoms with Gasteiger partial charge in [-0.25, -0.2) is 9.97 Å². The molecule has 0 spiro atoms. The molecule has 3 aliphatic rings. The highest BCUT2D eigenvalue weighted by molar-refractivity contribution is 7.19. The minimum atomic E-state index is 0.300. The van der Waals surface area contributed by atoms with Crippen LogP contribution in [0.5, 0.6) is 0 Å². The first-order valence-corrected chi connectivity index (χ1v) is 12.4. The molecule has 2 aromatic heterocycles. The second kappa shape index (κ2) is 7.59. The van der Waals surface area contributed by atoms with Crippen molar-refractivity contribution in [2.24, 2.45) is 5.92 Å². The lowest BCUT2D eigenvalue weighted by molar-refractivity contribution is -0.132. The highest BCUT2D eigenvalue weighted by Gasteiger charge is 2.35. The molecule has 0 atom stereocenters. The van der Waals surface area contributed by atoms with Crippen molar-refractivity contribution in [3.63, 3.8) is 0 Å². The van der Waals surface area contributed by atoms with Crippen molar-refractivity contribution in [1.29, 1.82) is 0 Å². The SMILES string of the molecule is Cc1ccc(-c2nc(N3CCN(C(=O)C4CC4)CC3)c3c4c(sc3n2)CCCC4)cc1. The summed E-state index contributed by atoms with van der Waals surface area (Å²) in [6.45, 7) is 5.40. The van der Waals surface area contributed by atoms with Gasteiger partial charge in [-0.2, -0.15) is 0 Å². The quantitative estimate of drug-likeness (QED) is 0.607. The highest BCUT2D eigenvalue weighted by Crippen LogP contribution is 2.41. The number of carbonyl (C=O) groups excluding carboxylic acids is 1. The summed E-state index contributed by atoms with van der Waals surface area (Å²) in [4.78, 5) is 29.8. The van der Waals surface area contributed by atoms with Gasteiger partial charge in [0, 0.05) is 42.5 Å². The fourth-order valence-electron chi connectivity index (χ4n) is 4.93. The second-order valence-corrected chi connectivity index (χ2v) is 10.3. The minimum absolute atomic E-state index is 0.300. The Kier molecular flexibility index (Phi) is 4.71. The van der Waals surface area contributed by atoms with Crippen molar-refractivity contribution in [3.05, 3.63) is 40.3 Å². The summed E-state index contributed by atoms with van der Waals surface area (Å²) in [5.41, 5.74) is 3.80. The zero-order valence-electron chi connectivity index (χ0n) is 18.1. The summed E-state index contributed by atoms with van der Waals surface area (Å²) < 4.78 is 0. The van der Waals surface area contributed by atoms with Crippen molar-refractivity contribution in [3.8, 4) is 11.4 Å². The number of aromatic nitrogens is 2. The normalized spacial score (nSPS) is 19.0. The van der Waals surface area contributed by atoms with Gasteiger partial charge in [-0.1, -0.05) is 29.8 Å². The molecule has 5 nitrogen and oxygen atoms in total. The number of anilines is 1. The molecule has 3 heterocycles. The molecule has 1 aliphatic heterocycles. The monoisotopic (exact) mass is 432 g/mol. The topological polar surface area (TPSA) is 49.3 Å². The predicted octanol–water partition coefficient (Wildman–Crippen LogP) is 4.60. The van der Waals surface area contributed by atoms with Crippen LogP contribution in [0.15, 0.2) is 24.3 Å². The minimum Gasteiger partial charge on any atom is -0.352 e. The maximum atomic E-state index is 12.5. The van der Waals surface area contributed by atoms with E-state index in [1.807, 2.05) is 11.3 Å². The number of aryl methyl sites for hydroxylation is 3. The fourth-order valence-corrected chi connectivity index (χ4v) is 6.18. The largest absolute Gasteiger partial charge is 0.352 e. The Balaban J connectivity index is 1.40. The lowest BCUT2D eigenvalue weighted by Gasteiger charge is -2.36. The summed E-state index contributed by atoms with van der Waals surface area (Å²) >= 11 is 1.87. The van der Waals surface area contributed by atoms with Crippen molar-refractivity contribution in [1.82, 2.24) is 14.9 Å². The zero-order chi connectivity index (χ0) is 20.9. The number of piperazine rings is 1. The first kappa shape index (κ1) is 19.2. The van der Waals surface area contributed by atoms with Crippen LogP contribution in [0.4, 0.5) is 5.82 Å². The predicted molar refractivity (Wildman–Crippen MR) is 126 cm³/mol. The van der Waals surface area contributed by atoms with Crippen LogP contribution in [0.3, 0.4) is 0 Å². The molecule has 31 heavy (non-hydrogen) atoms. The Bertz CT molecular complexity index is 1140. The number of nitrogens with zero attached hydrogens (tertiary/aromatic N) is 4. The van der Waals surface area contributed by atoms with E-state index in [0.717, 1.165) is 67.5 Å². The Morgan fingerprint density at radius 2 is 1.74 bits per heavy atom. The first-order valence-electron chi connectivity index (χ1n) is 11.6. The average Bonchev–Trinajstić information content (AvgIpc) is 3.59. The highest BCUT2D eigenvalue weighted by atomic mass is 32.1. The maximum Gasteiger partial charge on any atom is 0.225 e. The number of rotatable bonds is 3. The molecule has 0 unspecified atom stereocenters. The summed E-state index contributed by atoms with van der Waals surface area (Å²) in [5.74, 6) is 2.56. The van der Waals surface area contributed by atoms with E-state index in [2.05, 4.69) is 41.0 Å². The molecule has 1 saturated carbocycles. The van der Waals surface area contributed by atoms with Gasteiger partial charge in [0.25, 0.3) is 0 Å². The van der Waals surface area contributed by atoms with Gasteiger partial charge in [0.05, 0.1) is 5.39 Å². The number of benzene rings is 1. The lowest BCUT2D eigenvalue weighted by Crippen LogP contribution is -2.49. The Morgan fingerprint density at radius 1 is 1.00 bits per heavy atom. The summed E-state index contributed by atoms with van der Waals surface area (Å²) in [5, 5.41) is 1.28. The molecule has 160 valence electrons. The third kappa shape index (κ3) is 3.51. The molecule has 6 rings (SSSR count). The van der Waals surface area contributed by atoms with Gasteiger partial charge in [0.2, 0.25) is 5.91 Å². The van der Waals surface area contributed by atoms with E-state index in [1.165, 1.54) is 40.7 Å². The maximum absolute atomic E-state index is 12.5. The van der Waals surface area contributed by atoms with E-state index in [4.69, 9.17) is 9.97 Å². The first-order chi connectivity index (χ1) is 15.2. The molecule has 1 saturated heterocycles. The Hall–Kier alpha value is -2.47. The van der Waals surface area contributed by atoms with Gasteiger partial charge in [-0.15, -0.1) is 11.3 Å². The van der Waals surface area contributed by atoms with E-state index in [1.54, 1.807) is 0 Å². The van der Waals surface area contributed by atoms with Crippen LogP contribution < -0.4 is 4.90 Å². The van der Waals surface area contributed by atoms with Gasteiger partial charge >= 0.3 is 0 Å². The third-order valence-corrected chi connectivity index (χ3v) is 8.11. The van der Waals surface area contributed by atoms with Gasteiger partial charge in [-0.05, 0) is 51.0 Å². The van der Waals surface area contributed by atoms with Crippen molar-refractivity contribution >= 4 is 33.3 Å². The van der Waals surface area contributed by atoms with Crippen LogP contribution in [0.2, 0.25) is 0 Å². The van der Waals surface area contributed by atoms with Crippen LogP contribution >= 0.6 is 11.3 Å². The molecule has 0 bridgehead atoms. The van der Waals surface area contributed by atoms with E-state index >= 15 is 0 Å². The number of amides is 1. The Labute approximate surface area is 187 Å². The Morgan fingerprint density at radius 3 is 2.48 bits per heavy atom. The van der Waals surface area contributed by atoms with E-state index in [0.29, 0.717) is 11.8 Å². The van der Waals surface area contributed by atoms with Crippen LogP contribution in [0.1, 0.15) is 41.7 Å². The van der Waals surface area contributed by atoms with Crippen molar-refractivity contribution in [2.75, 3.05) is 31.1 Å². The number of fused-ring (bicyclic) bond motifs is 3. The van der Waals surface area contributed by atoms with Gasteiger partial charge in [0.1, 0.15) is 10.6 Å². The van der Waals surface area contributed by atoms with Gasteiger partial charge in [-0.3, -0.25) is 4.79 Å². The van der Waals surface area contributed by atoms with Crippen LogP contribution in [0, 0.1) is 12.8 Å². The standard InChI is InChI=1S/C25H28N4OS/c1-16-6-8-17(9-7-16)22-26-23(21-19-4-2-3-5-20(19)31-24(21)27-22)28-12-14-29(15-13-28)25(30)18-10-11-18/h6-9,18H,2-5,10-15H2,1H3. The van der Waals surface area contributed by atoms with E-state index < -0.39 is 0 Å². The van der Waals surface area contributed by atoms with E-state index in [9.17, 15) is 4.79 Å². The zero-order valence-corrected chi connectivity index (χ0v) is 18.9. The van der Waals surface area contributed by atoms with Crippen molar-refractivity contribution in [2.45, 2.75) is 45.4 Å². The van der Waals surface area contributed by atoms with Crippen LogP contribution in [0.25, 0.3) is 21.6 Å². The number of hydrogen-bond donors (Lipinski definition) is 0. The molecule has 0 N–H and O–H groups in total. The molecular weight excluding hydrogens is 404 g/mol. The average molecular weight is 433 g/mol. The molecule has 2 fully saturated rings. The molecule has 3 aromatic rings. The summed E-state index contributed by atoms with van der Waals surface area (Å²) in [7, 11) is 0. The molecule has 1 aromatic carbocycles. The number of carbonyl (C=O) groups is 1. The smallest absolute Gasteiger partial charge is 0.225 e. The van der Waals surface area contributed by atoms with Crippen LogP contribution in [-0.2, 0) is 17.6 Å². The lowest BCUT2D eigenvalue weighted by atomic mass is 9.96. The molecular formula is C25H28N4OS. The third-order valence-electron chi connectivity index (χ3n) is 6.92. The summed E-state index contributed by atoms with van der Waals surface area (Å²) in [6, 6.07) is 8.51. The number of thiophene rings is 1. The molecule has 2 aliphatic carbocycles. The molecule has 0 radical (unpaired) electrons. The summed E-state index contributed by atoms with van der Waals surface area (Å²) in [6.07, 6.45) is 6.98. The van der Waals surface area contributed by atoms with Gasteiger partial charge < -0.3 is 9.80 Å². The van der Waals surface area contributed by atoms with Gasteiger partial charge in [0.15, 0.2) is 5.82 Å². The number of hydrogen-bond acceptors (Lipinski definition) is 5.